The van der Waals surface area contributed by atoms with Crippen LogP contribution < -0.4 is 0 Å². The lowest BCUT2D eigenvalue weighted by Gasteiger charge is -2.32. The van der Waals surface area contributed by atoms with E-state index in [0.29, 0.717) is 19.0 Å². The Morgan fingerprint density at radius 3 is 2.86 bits per heavy atom. The molecule has 0 aliphatic carbocycles. The summed E-state index contributed by atoms with van der Waals surface area (Å²) < 4.78 is 12.3. The number of hydrogen-bond acceptors (Lipinski definition) is 1. The SMILES string of the molecule is O=C(CCF)N1CCC(c2cc(Cl)cc3[nH]ccc23)CC1. The third-order valence-corrected chi connectivity index (χ3v) is 4.48. The van der Waals surface area contributed by atoms with Crippen LogP contribution in [0.1, 0.15) is 30.7 Å². The van der Waals surface area contributed by atoms with Crippen molar-refractivity contribution >= 4 is 28.4 Å². The minimum absolute atomic E-state index is 0.00386. The van der Waals surface area contributed by atoms with Crippen molar-refractivity contribution in [2.45, 2.75) is 25.2 Å². The molecule has 0 unspecified atom stereocenters. The molecule has 0 saturated carbocycles. The Balaban J connectivity index is 1.77. The van der Waals surface area contributed by atoms with E-state index < -0.39 is 6.67 Å². The summed E-state index contributed by atoms with van der Waals surface area (Å²) in [5.41, 5.74) is 2.30. The quantitative estimate of drug-likeness (QED) is 0.917. The lowest BCUT2D eigenvalue weighted by Crippen LogP contribution is -2.38. The number of aromatic amines is 1. The highest BCUT2D eigenvalue weighted by molar-refractivity contribution is 6.31. The molecule has 5 heteroatoms. The van der Waals surface area contributed by atoms with Gasteiger partial charge in [-0.25, -0.2) is 0 Å². The van der Waals surface area contributed by atoms with Gasteiger partial charge in [0.05, 0.1) is 13.1 Å². The Kier molecular flexibility index (Phi) is 4.15. The number of H-pyrrole nitrogens is 1. The minimum atomic E-state index is -0.572. The van der Waals surface area contributed by atoms with E-state index in [0.717, 1.165) is 23.4 Å². The molecule has 1 amide bonds. The number of carbonyl (C=O) groups excluding carboxylic acids is 1. The van der Waals surface area contributed by atoms with Gasteiger partial charge in [-0.3, -0.25) is 9.18 Å². The van der Waals surface area contributed by atoms with Gasteiger partial charge in [-0.2, -0.15) is 0 Å². The molecule has 0 spiro atoms. The molecular formula is C16H18ClFN2O. The number of likely N-dealkylation sites (tertiary alicyclic amines) is 1. The van der Waals surface area contributed by atoms with Gasteiger partial charge in [0.25, 0.3) is 0 Å². The molecule has 2 heterocycles. The molecule has 1 N–H and O–H groups in total. The van der Waals surface area contributed by atoms with Crippen LogP contribution in [-0.2, 0) is 4.79 Å². The van der Waals surface area contributed by atoms with Gasteiger partial charge in [-0.05, 0) is 42.5 Å². The average molecular weight is 309 g/mol. The molecule has 0 radical (unpaired) electrons. The third kappa shape index (κ3) is 2.91. The molecule has 3 nitrogen and oxygen atoms in total. The van der Waals surface area contributed by atoms with Crippen LogP contribution >= 0.6 is 11.6 Å². The highest BCUT2D eigenvalue weighted by Gasteiger charge is 2.25. The number of nitrogens with zero attached hydrogens (tertiary/aromatic N) is 1. The van der Waals surface area contributed by atoms with Crippen molar-refractivity contribution in [1.29, 1.82) is 0 Å². The first-order valence-electron chi connectivity index (χ1n) is 7.29. The van der Waals surface area contributed by atoms with E-state index in [4.69, 9.17) is 11.6 Å². The van der Waals surface area contributed by atoms with E-state index in [1.807, 2.05) is 18.3 Å². The van der Waals surface area contributed by atoms with Crippen LogP contribution in [0.25, 0.3) is 10.9 Å². The number of nitrogens with one attached hydrogen (secondary N) is 1. The first-order chi connectivity index (χ1) is 10.2. The van der Waals surface area contributed by atoms with Crippen LogP contribution in [0.15, 0.2) is 24.4 Å². The maximum absolute atomic E-state index is 12.3. The van der Waals surface area contributed by atoms with Crippen molar-refractivity contribution in [2.24, 2.45) is 0 Å². The fourth-order valence-corrected chi connectivity index (χ4v) is 3.40. The van der Waals surface area contributed by atoms with Crippen LogP contribution in [0, 0.1) is 0 Å². The summed E-state index contributed by atoms with van der Waals surface area (Å²) in [6.07, 6.45) is 3.73. The predicted octanol–water partition coefficient (Wildman–Crippen LogP) is 3.89. The lowest BCUT2D eigenvalue weighted by molar-refractivity contribution is -0.132. The summed E-state index contributed by atoms with van der Waals surface area (Å²) in [6.45, 7) is 0.820. The molecule has 1 aromatic heterocycles. The number of rotatable bonds is 3. The van der Waals surface area contributed by atoms with Crippen molar-refractivity contribution in [1.82, 2.24) is 9.88 Å². The summed E-state index contributed by atoms with van der Waals surface area (Å²) >= 11 is 6.19. The number of piperidine rings is 1. The highest BCUT2D eigenvalue weighted by atomic mass is 35.5. The van der Waals surface area contributed by atoms with Crippen molar-refractivity contribution in [3.05, 3.63) is 35.0 Å². The number of fused-ring (bicyclic) bond motifs is 1. The van der Waals surface area contributed by atoms with Crippen LogP contribution in [-0.4, -0.2) is 35.6 Å². The molecule has 1 aliphatic heterocycles. The third-order valence-electron chi connectivity index (χ3n) is 4.26. The van der Waals surface area contributed by atoms with E-state index in [-0.39, 0.29) is 12.3 Å². The zero-order valence-electron chi connectivity index (χ0n) is 11.7. The molecule has 21 heavy (non-hydrogen) atoms. The number of aromatic nitrogens is 1. The highest BCUT2D eigenvalue weighted by Crippen LogP contribution is 2.35. The first kappa shape index (κ1) is 14.4. The second kappa shape index (κ2) is 6.06. The summed E-state index contributed by atoms with van der Waals surface area (Å²) in [5.74, 6) is 0.324. The zero-order valence-corrected chi connectivity index (χ0v) is 12.5. The van der Waals surface area contributed by atoms with Gasteiger partial charge in [-0.1, -0.05) is 11.6 Å². The number of carbonyl (C=O) groups is 1. The van der Waals surface area contributed by atoms with E-state index in [9.17, 15) is 9.18 Å². The van der Waals surface area contributed by atoms with Crippen molar-refractivity contribution in [3.63, 3.8) is 0 Å². The monoisotopic (exact) mass is 308 g/mol. The Morgan fingerprint density at radius 1 is 1.38 bits per heavy atom. The lowest BCUT2D eigenvalue weighted by atomic mass is 9.87. The summed E-state index contributed by atoms with van der Waals surface area (Å²) in [4.78, 5) is 16.7. The molecular weight excluding hydrogens is 291 g/mol. The van der Waals surface area contributed by atoms with Gasteiger partial charge in [0, 0.05) is 35.2 Å². The largest absolute Gasteiger partial charge is 0.361 e. The van der Waals surface area contributed by atoms with Crippen molar-refractivity contribution in [3.8, 4) is 0 Å². The molecule has 1 saturated heterocycles. The van der Waals surface area contributed by atoms with E-state index >= 15 is 0 Å². The molecule has 2 aromatic rings. The summed E-state index contributed by atoms with van der Waals surface area (Å²) in [5, 5.41) is 1.93. The van der Waals surface area contributed by atoms with E-state index in [1.54, 1.807) is 4.90 Å². The Bertz CT molecular complexity index is 647. The minimum Gasteiger partial charge on any atom is -0.361 e. The number of amides is 1. The van der Waals surface area contributed by atoms with Gasteiger partial charge < -0.3 is 9.88 Å². The van der Waals surface area contributed by atoms with Crippen LogP contribution in [0.3, 0.4) is 0 Å². The van der Waals surface area contributed by atoms with E-state index in [2.05, 4.69) is 11.1 Å². The molecule has 1 aliphatic rings. The second-order valence-electron chi connectivity index (χ2n) is 5.53. The molecule has 1 aromatic carbocycles. The van der Waals surface area contributed by atoms with Crippen LogP contribution in [0.4, 0.5) is 4.39 Å². The average Bonchev–Trinajstić information content (AvgIpc) is 2.95. The number of halogens is 2. The Hall–Kier alpha value is -1.55. The molecule has 1 fully saturated rings. The summed E-state index contributed by atoms with van der Waals surface area (Å²) in [6, 6.07) is 6.03. The van der Waals surface area contributed by atoms with Crippen LogP contribution in [0.2, 0.25) is 5.02 Å². The second-order valence-corrected chi connectivity index (χ2v) is 5.96. The van der Waals surface area contributed by atoms with E-state index in [1.165, 1.54) is 10.9 Å². The topological polar surface area (TPSA) is 36.1 Å². The normalized spacial score (nSPS) is 16.6. The molecule has 3 rings (SSSR count). The number of alkyl halides is 1. The maximum Gasteiger partial charge on any atom is 0.225 e. The summed E-state index contributed by atoms with van der Waals surface area (Å²) in [7, 11) is 0. The van der Waals surface area contributed by atoms with Gasteiger partial charge in [-0.15, -0.1) is 0 Å². The van der Waals surface area contributed by atoms with Gasteiger partial charge in [0.1, 0.15) is 0 Å². The molecule has 112 valence electrons. The maximum atomic E-state index is 12.3. The van der Waals surface area contributed by atoms with Crippen molar-refractivity contribution < 1.29 is 9.18 Å². The smallest absolute Gasteiger partial charge is 0.225 e. The Labute approximate surface area is 128 Å². The fourth-order valence-electron chi connectivity index (χ4n) is 3.18. The Morgan fingerprint density at radius 2 is 2.14 bits per heavy atom. The first-order valence-corrected chi connectivity index (χ1v) is 7.67. The fraction of sp³-hybridized carbons (Fsp3) is 0.438. The standard InChI is InChI=1S/C16H18ClFN2O/c17-12-9-14(13-2-6-19-15(13)10-12)11-3-7-20(8-4-11)16(21)1-5-18/h2,6,9-11,19H,1,3-5,7-8H2. The molecule has 0 bridgehead atoms. The van der Waals surface area contributed by atoms with Crippen molar-refractivity contribution in [2.75, 3.05) is 19.8 Å². The number of hydrogen-bond donors (Lipinski definition) is 1. The van der Waals surface area contributed by atoms with Gasteiger partial charge >= 0.3 is 0 Å². The molecule has 0 atom stereocenters. The van der Waals surface area contributed by atoms with Crippen LogP contribution in [0.5, 0.6) is 0 Å². The predicted molar refractivity (Wildman–Crippen MR) is 82.5 cm³/mol. The van der Waals surface area contributed by atoms with Gasteiger partial charge in [0.15, 0.2) is 0 Å². The zero-order chi connectivity index (χ0) is 14.8. The number of benzene rings is 1. The van der Waals surface area contributed by atoms with Gasteiger partial charge in [0.2, 0.25) is 5.91 Å².